The van der Waals surface area contributed by atoms with Gasteiger partial charge >= 0.3 is 12.4 Å². The van der Waals surface area contributed by atoms with Gasteiger partial charge in [0, 0.05) is 5.57 Å². The standard InChI is InChI=1S/C19H12F6O2/c20-18(21,22)14-5-1-3-12(9-14)10-17-16(7-8-26-27-17)13-4-2-6-15(11-13)19(23,24)25/h1-7,9-11H,8H2/b17-10-. The molecule has 142 valence electrons. The predicted octanol–water partition coefficient (Wildman–Crippen LogP) is 6.11. The Morgan fingerprint density at radius 1 is 0.815 bits per heavy atom. The van der Waals surface area contributed by atoms with E-state index in [1.54, 1.807) is 0 Å². The molecule has 1 aliphatic rings. The molecule has 2 nitrogen and oxygen atoms in total. The van der Waals surface area contributed by atoms with E-state index < -0.39 is 23.5 Å². The number of halogens is 6. The molecule has 0 unspecified atom stereocenters. The maximum atomic E-state index is 12.9. The molecule has 0 fully saturated rings. The van der Waals surface area contributed by atoms with E-state index in [-0.39, 0.29) is 23.5 Å². The fraction of sp³-hybridized carbons (Fsp3) is 0.158. The van der Waals surface area contributed by atoms with E-state index in [1.165, 1.54) is 36.4 Å². The van der Waals surface area contributed by atoms with Crippen LogP contribution >= 0.6 is 0 Å². The molecule has 3 rings (SSSR count). The van der Waals surface area contributed by atoms with Crippen molar-refractivity contribution >= 4 is 11.6 Å². The number of allylic oxidation sites excluding steroid dienone is 1. The first-order chi connectivity index (χ1) is 12.6. The van der Waals surface area contributed by atoms with E-state index in [1.807, 2.05) is 0 Å². The molecule has 0 aromatic heterocycles. The van der Waals surface area contributed by atoms with Crippen LogP contribution < -0.4 is 0 Å². The van der Waals surface area contributed by atoms with Crippen LogP contribution in [-0.2, 0) is 22.1 Å². The summed E-state index contributed by atoms with van der Waals surface area (Å²) < 4.78 is 77.4. The van der Waals surface area contributed by atoms with E-state index in [9.17, 15) is 26.3 Å². The largest absolute Gasteiger partial charge is 0.416 e. The Morgan fingerprint density at radius 2 is 1.44 bits per heavy atom. The van der Waals surface area contributed by atoms with Crippen molar-refractivity contribution in [3.63, 3.8) is 0 Å². The average molecular weight is 386 g/mol. The van der Waals surface area contributed by atoms with Crippen LogP contribution in [0.25, 0.3) is 11.6 Å². The Labute approximate surface area is 150 Å². The molecule has 0 aliphatic carbocycles. The smallest absolute Gasteiger partial charge is 0.337 e. The minimum Gasteiger partial charge on any atom is -0.337 e. The van der Waals surface area contributed by atoms with E-state index in [0.717, 1.165) is 24.3 Å². The van der Waals surface area contributed by atoms with Gasteiger partial charge in [-0.25, -0.2) is 0 Å². The van der Waals surface area contributed by atoms with Gasteiger partial charge in [0.25, 0.3) is 0 Å². The zero-order valence-corrected chi connectivity index (χ0v) is 13.6. The summed E-state index contributed by atoms with van der Waals surface area (Å²) in [5.41, 5.74) is -1.01. The van der Waals surface area contributed by atoms with Gasteiger partial charge in [-0.2, -0.15) is 31.2 Å². The number of benzene rings is 2. The van der Waals surface area contributed by atoms with Crippen molar-refractivity contribution in [1.29, 1.82) is 0 Å². The Kier molecular flexibility index (Phi) is 5.01. The van der Waals surface area contributed by atoms with Gasteiger partial charge in [0.1, 0.15) is 6.61 Å². The highest BCUT2D eigenvalue weighted by molar-refractivity contribution is 5.83. The molecular weight excluding hydrogens is 374 g/mol. The van der Waals surface area contributed by atoms with Gasteiger partial charge in [-0.05, 0) is 47.5 Å². The van der Waals surface area contributed by atoms with Gasteiger partial charge in [-0.3, -0.25) is 0 Å². The second-order valence-electron chi connectivity index (χ2n) is 5.70. The molecule has 1 heterocycles. The lowest BCUT2D eigenvalue weighted by molar-refractivity contribution is -0.250. The highest BCUT2D eigenvalue weighted by atomic mass is 19.4. The third-order valence-electron chi connectivity index (χ3n) is 3.78. The molecule has 2 aromatic rings. The van der Waals surface area contributed by atoms with Crippen LogP contribution in [0, 0.1) is 0 Å². The minimum absolute atomic E-state index is 0.00842. The zero-order chi connectivity index (χ0) is 19.7. The normalized spacial score (nSPS) is 16.8. The number of rotatable bonds is 2. The van der Waals surface area contributed by atoms with E-state index in [4.69, 9.17) is 9.78 Å². The molecule has 0 N–H and O–H groups in total. The van der Waals surface area contributed by atoms with E-state index in [0.29, 0.717) is 5.57 Å². The number of alkyl halides is 6. The molecule has 0 amide bonds. The summed E-state index contributed by atoms with van der Waals surface area (Å²) in [7, 11) is 0. The van der Waals surface area contributed by atoms with Crippen molar-refractivity contribution in [2.24, 2.45) is 0 Å². The van der Waals surface area contributed by atoms with Crippen LogP contribution in [0.2, 0.25) is 0 Å². The van der Waals surface area contributed by atoms with Gasteiger partial charge < -0.3 is 4.89 Å². The Balaban J connectivity index is 2.00. The predicted molar refractivity (Wildman–Crippen MR) is 85.9 cm³/mol. The van der Waals surface area contributed by atoms with Gasteiger partial charge in [-0.15, -0.1) is 0 Å². The van der Waals surface area contributed by atoms with Crippen LogP contribution in [0.1, 0.15) is 22.3 Å². The molecule has 0 radical (unpaired) electrons. The lowest BCUT2D eigenvalue weighted by atomic mass is 9.99. The fourth-order valence-electron chi connectivity index (χ4n) is 2.54. The molecule has 0 saturated heterocycles. The molecular formula is C19H12F6O2. The van der Waals surface area contributed by atoms with E-state index >= 15 is 0 Å². The second-order valence-corrected chi connectivity index (χ2v) is 5.70. The van der Waals surface area contributed by atoms with Crippen molar-refractivity contribution in [3.05, 3.63) is 82.6 Å². The number of hydrogen-bond donors (Lipinski definition) is 0. The molecule has 8 heteroatoms. The molecule has 2 aromatic carbocycles. The SMILES string of the molecule is FC(F)(F)c1cccc(/C=C2\OOCC=C2c2cccc(C(F)(F)F)c2)c1. The molecule has 0 spiro atoms. The lowest BCUT2D eigenvalue weighted by Gasteiger charge is -2.18. The average Bonchev–Trinajstić information content (AvgIpc) is 2.61. The van der Waals surface area contributed by atoms with Crippen molar-refractivity contribution in [3.8, 4) is 0 Å². The van der Waals surface area contributed by atoms with Crippen LogP contribution in [0.3, 0.4) is 0 Å². The highest BCUT2D eigenvalue weighted by Crippen LogP contribution is 2.35. The topological polar surface area (TPSA) is 18.5 Å². The Morgan fingerprint density at radius 3 is 2.11 bits per heavy atom. The summed E-state index contributed by atoms with van der Waals surface area (Å²) in [6.45, 7) is -0.00842. The molecule has 0 bridgehead atoms. The molecule has 1 aliphatic heterocycles. The summed E-state index contributed by atoms with van der Waals surface area (Å²) in [4.78, 5) is 9.84. The Hall–Kier alpha value is -2.74. The summed E-state index contributed by atoms with van der Waals surface area (Å²) in [6, 6.07) is 9.06. The maximum absolute atomic E-state index is 12.9. The lowest BCUT2D eigenvalue weighted by Crippen LogP contribution is -2.08. The molecule has 0 atom stereocenters. The van der Waals surface area contributed by atoms with Crippen LogP contribution in [0.15, 0.2) is 60.4 Å². The van der Waals surface area contributed by atoms with E-state index in [2.05, 4.69) is 0 Å². The first-order valence-electron chi connectivity index (χ1n) is 7.71. The fourth-order valence-corrected chi connectivity index (χ4v) is 2.54. The first-order valence-corrected chi connectivity index (χ1v) is 7.71. The van der Waals surface area contributed by atoms with Gasteiger partial charge in [0.2, 0.25) is 0 Å². The van der Waals surface area contributed by atoms with Crippen molar-refractivity contribution in [1.82, 2.24) is 0 Å². The quantitative estimate of drug-likeness (QED) is 0.458. The van der Waals surface area contributed by atoms with Gasteiger partial charge in [0.05, 0.1) is 11.1 Å². The van der Waals surface area contributed by atoms with Crippen LogP contribution in [0.5, 0.6) is 0 Å². The number of hydrogen-bond acceptors (Lipinski definition) is 2. The Bertz CT molecular complexity index is 894. The zero-order valence-electron chi connectivity index (χ0n) is 13.6. The minimum atomic E-state index is -4.52. The highest BCUT2D eigenvalue weighted by Gasteiger charge is 2.32. The summed E-state index contributed by atoms with van der Waals surface area (Å²) >= 11 is 0. The first kappa shape index (κ1) is 19.0. The summed E-state index contributed by atoms with van der Waals surface area (Å²) in [5, 5.41) is 0. The van der Waals surface area contributed by atoms with Crippen LogP contribution in [0.4, 0.5) is 26.3 Å². The van der Waals surface area contributed by atoms with Crippen LogP contribution in [-0.4, -0.2) is 6.61 Å². The van der Waals surface area contributed by atoms with Crippen molar-refractivity contribution in [2.75, 3.05) is 6.61 Å². The van der Waals surface area contributed by atoms with Gasteiger partial charge in [-0.1, -0.05) is 24.3 Å². The monoisotopic (exact) mass is 386 g/mol. The van der Waals surface area contributed by atoms with Gasteiger partial charge in [0.15, 0.2) is 5.76 Å². The molecule has 27 heavy (non-hydrogen) atoms. The molecule has 0 saturated carbocycles. The maximum Gasteiger partial charge on any atom is 0.416 e. The summed E-state index contributed by atoms with van der Waals surface area (Å²) in [5.74, 6) is 0.0138. The third-order valence-corrected chi connectivity index (χ3v) is 3.78. The third kappa shape index (κ3) is 4.51. The van der Waals surface area contributed by atoms with Crippen molar-refractivity contribution in [2.45, 2.75) is 12.4 Å². The van der Waals surface area contributed by atoms with Crippen molar-refractivity contribution < 1.29 is 36.1 Å². The second kappa shape index (κ2) is 7.11. The summed E-state index contributed by atoms with van der Waals surface area (Å²) in [6.07, 6.45) is -6.26.